The van der Waals surface area contributed by atoms with Crippen molar-refractivity contribution in [2.75, 3.05) is 13.1 Å². The number of imidazole rings is 1. The van der Waals surface area contributed by atoms with Crippen molar-refractivity contribution >= 4 is 34.9 Å². The van der Waals surface area contributed by atoms with Gasteiger partial charge in [-0.3, -0.25) is 9.59 Å². The minimum absolute atomic E-state index is 0.0128. The molecule has 2 heterocycles. The van der Waals surface area contributed by atoms with Gasteiger partial charge < -0.3 is 9.47 Å². The molecule has 0 spiro atoms. The number of carbonyl (C=O) groups excluding carboxylic acids is 2. The number of nitrogens with zero attached hydrogens (tertiary/aromatic N) is 3. The SMILES string of the molecule is O=C(c1ccccc1)c1ccc(C(=O)N2CCC(c3nccn3Cc3cc(Cl)ccc3Cl)CC2)cc1. The Hall–Kier alpha value is -3.41. The highest BCUT2D eigenvalue weighted by atomic mass is 35.5. The summed E-state index contributed by atoms with van der Waals surface area (Å²) in [6.45, 7) is 1.90. The van der Waals surface area contributed by atoms with E-state index in [2.05, 4.69) is 9.55 Å². The Morgan fingerprint density at radius 2 is 1.53 bits per heavy atom. The summed E-state index contributed by atoms with van der Waals surface area (Å²) in [6, 6.07) is 21.6. The van der Waals surface area contributed by atoms with E-state index in [0.29, 0.717) is 46.4 Å². The number of benzene rings is 3. The lowest BCUT2D eigenvalue weighted by atomic mass is 9.95. The molecule has 3 aromatic carbocycles. The summed E-state index contributed by atoms with van der Waals surface area (Å²) in [7, 11) is 0. The number of ketones is 1. The van der Waals surface area contributed by atoms with E-state index in [4.69, 9.17) is 23.2 Å². The van der Waals surface area contributed by atoms with Crippen LogP contribution in [-0.2, 0) is 6.54 Å². The Labute approximate surface area is 220 Å². The molecule has 5 nitrogen and oxygen atoms in total. The Balaban J connectivity index is 1.22. The average molecular weight is 518 g/mol. The quantitative estimate of drug-likeness (QED) is 0.274. The fraction of sp³-hybridized carbons (Fsp3) is 0.207. The van der Waals surface area contributed by atoms with Crippen LogP contribution in [0.5, 0.6) is 0 Å². The number of rotatable bonds is 6. The predicted octanol–water partition coefficient (Wildman–Crippen LogP) is 6.49. The Morgan fingerprint density at radius 1 is 0.861 bits per heavy atom. The van der Waals surface area contributed by atoms with Crippen LogP contribution in [0.1, 0.15) is 56.4 Å². The first kappa shape index (κ1) is 24.3. The van der Waals surface area contributed by atoms with Gasteiger partial charge in [0, 0.05) is 58.1 Å². The van der Waals surface area contributed by atoms with Crippen LogP contribution < -0.4 is 0 Å². The summed E-state index contributed by atoms with van der Waals surface area (Å²) < 4.78 is 2.11. The Kier molecular flexibility index (Phi) is 7.21. The van der Waals surface area contributed by atoms with E-state index < -0.39 is 0 Å². The topological polar surface area (TPSA) is 55.2 Å². The molecule has 1 aliphatic heterocycles. The number of hydrogen-bond donors (Lipinski definition) is 0. The van der Waals surface area contributed by atoms with Crippen molar-refractivity contribution < 1.29 is 9.59 Å². The van der Waals surface area contributed by atoms with E-state index in [1.807, 2.05) is 47.6 Å². The van der Waals surface area contributed by atoms with Gasteiger partial charge in [0.15, 0.2) is 5.78 Å². The summed E-state index contributed by atoms with van der Waals surface area (Å²) in [5.74, 6) is 1.20. The molecule has 36 heavy (non-hydrogen) atoms. The zero-order valence-corrected chi connectivity index (χ0v) is 21.1. The largest absolute Gasteiger partial charge is 0.339 e. The second-order valence-electron chi connectivity index (χ2n) is 8.99. The molecule has 0 saturated carbocycles. The monoisotopic (exact) mass is 517 g/mol. The van der Waals surface area contributed by atoms with Crippen molar-refractivity contribution in [1.82, 2.24) is 14.5 Å². The van der Waals surface area contributed by atoms with E-state index in [0.717, 1.165) is 24.2 Å². The summed E-state index contributed by atoms with van der Waals surface area (Å²) >= 11 is 12.5. The summed E-state index contributed by atoms with van der Waals surface area (Å²) in [5, 5.41) is 1.33. The number of halogens is 2. The van der Waals surface area contributed by atoms with E-state index >= 15 is 0 Å². The van der Waals surface area contributed by atoms with Gasteiger partial charge in [-0.15, -0.1) is 0 Å². The van der Waals surface area contributed by atoms with Gasteiger partial charge in [-0.05, 0) is 48.7 Å². The maximum absolute atomic E-state index is 13.1. The van der Waals surface area contributed by atoms with Gasteiger partial charge in [0.05, 0.1) is 6.54 Å². The molecule has 0 atom stereocenters. The fourth-order valence-corrected chi connectivity index (χ4v) is 5.08. The third-order valence-electron chi connectivity index (χ3n) is 6.67. The molecule has 1 fully saturated rings. The number of piperidine rings is 1. The molecular weight excluding hydrogens is 493 g/mol. The highest BCUT2D eigenvalue weighted by molar-refractivity contribution is 6.33. The van der Waals surface area contributed by atoms with Crippen molar-refractivity contribution in [3.8, 4) is 0 Å². The fourth-order valence-electron chi connectivity index (χ4n) is 4.71. The number of likely N-dealkylation sites (tertiary alicyclic amines) is 1. The lowest BCUT2D eigenvalue weighted by molar-refractivity contribution is 0.0710. The molecule has 7 heteroatoms. The molecule has 1 amide bonds. The third-order valence-corrected chi connectivity index (χ3v) is 7.28. The molecule has 0 radical (unpaired) electrons. The van der Waals surface area contributed by atoms with Crippen LogP contribution in [0.4, 0.5) is 0 Å². The minimum Gasteiger partial charge on any atom is -0.339 e. The molecule has 1 aromatic heterocycles. The average Bonchev–Trinajstić information content (AvgIpc) is 3.39. The van der Waals surface area contributed by atoms with E-state index in [-0.39, 0.29) is 17.6 Å². The van der Waals surface area contributed by atoms with E-state index in [9.17, 15) is 9.59 Å². The van der Waals surface area contributed by atoms with Crippen LogP contribution in [-0.4, -0.2) is 39.2 Å². The normalized spacial score (nSPS) is 14.1. The molecule has 5 rings (SSSR count). The van der Waals surface area contributed by atoms with Crippen LogP contribution in [0.3, 0.4) is 0 Å². The zero-order chi connectivity index (χ0) is 25.1. The summed E-state index contributed by atoms with van der Waals surface area (Å²) in [5.41, 5.74) is 2.75. The molecule has 4 aromatic rings. The number of amides is 1. The third kappa shape index (κ3) is 5.23. The Morgan fingerprint density at radius 3 is 2.25 bits per heavy atom. The number of aromatic nitrogens is 2. The first-order valence-electron chi connectivity index (χ1n) is 11.9. The van der Waals surface area contributed by atoms with Gasteiger partial charge in [0.25, 0.3) is 5.91 Å². The van der Waals surface area contributed by atoms with E-state index in [1.165, 1.54) is 0 Å². The molecule has 0 N–H and O–H groups in total. The summed E-state index contributed by atoms with van der Waals surface area (Å²) in [6.07, 6.45) is 5.43. The van der Waals surface area contributed by atoms with Gasteiger partial charge in [-0.2, -0.15) is 0 Å². The van der Waals surface area contributed by atoms with Crippen molar-refractivity contribution in [3.63, 3.8) is 0 Å². The summed E-state index contributed by atoms with van der Waals surface area (Å²) in [4.78, 5) is 32.3. The maximum Gasteiger partial charge on any atom is 0.253 e. The van der Waals surface area contributed by atoms with Gasteiger partial charge in [-0.1, -0.05) is 65.7 Å². The first-order chi connectivity index (χ1) is 17.5. The zero-order valence-electron chi connectivity index (χ0n) is 19.6. The highest BCUT2D eigenvalue weighted by Crippen LogP contribution is 2.29. The molecule has 0 bridgehead atoms. The molecule has 1 aliphatic rings. The van der Waals surface area contributed by atoms with Gasteiger partial charge in [0.1, 0.15) is 5.82 Å². The van der Waals surface area contributed by atoms with Crippen LogP contribution in [0.15, 0.2) is 85.2 Å². The predicted molar refractivity (Wildman–Crippen MR) is 142 cm³/mol. The van der Waals surface area contributed by atoms with Gasteiger partial charge >= 0.3 is 0 Å². The highest BCUT2D eigenvalue weighted by Gasteiger charge is 2.27. The van der Waals surface area contributed by atoms with Crippen molar-refractivity contribution in [1.29, 1.82) is 0 Å². The van der Waals surface area contributed by atoms with Crippen LogP contribution >= 0.6 is 23.2 Å². The van der Waals surface area contributed by atoms with Crippen molar-refractivity contribution in [3.05, 3.63) is 123 Å². The van der Waals surface area contributed by atoms with Crippen LogP contribution in [0.25, 0.3) is 0 Å². The lowest BCUT2D eigenvalue weighted by Crippen LogP contribution is -2.38. The van der Waals surface area contributed by atoms with E-state index in [1.54, 1.807) is 42.5 Å². The lowest BCUT2D eigenvalue weighted by Gasteiger charge is -2.32. The maximum atomic E-state index is 13.1. The van der Waals surface area contributed by atoms with Gasteiger partial charge in [0.2, 0.25) is 0 Å². The molecule has 0 aliphatic carbocycles. The van der Waals surface area contributed by atoms with Crippen molar-refractivity contribution in [2.45, 2.75) is 25.3 Å². The first-order valence-corrected chi connectivity index (χ1v) is 12.7. The molecular formula is C29H25Cl2N3O2. The van der Waals surface area contributed by atoms with Crippen LogP contribution in [0.2, 0.25) is 10.0 Å². The standard InChI is InChI=1S/C29H25Cl2N3O2/c30-25-10-11-26(31)24(18-25)19-34-17-14-32-28(34)22-12-15-33(16-13-22)29(36)23-8-6-21(7-9-23)27(35)20-4-2-1-3-5-20/h1-11,14,17-18,22H,12-13,15-16,19H2. The minimum atomic E-state index is -0.0509. The molecule has 182 valence electrons. The smallest absolute Gasteiger partial charge is 0.253 e. The Bertz CT molecular complexity index is 1380. The second-order valence-corrected chi connectivity index (χ2v) is 9.83. The van der Waals surface area contributed by atoms with Crippen LogP contribution in [0, 0.1) is 0 Å². The molecule has 0 unspecified atom stereocenters. The van der Waals surface area contributed by atoms with Gasteiger partial charge in [-0.25, -0.2) is 4.98 Å². The number of hydrogen-bond acceptors (Lipinski definition) is 3. The number of carbonyl (C=O) groups is 2. The van der Waals surface area contributed by atoms with Crippen molar-refractivity contribution in [2.24, 2.45) is 0 Å². The molecule has 1 saturated heterocycles. The second kappa shape index (κ2) is 10.7.